The predicted octanol–water partition coefficient (Wildman–Crippen LogP) is 2.41. The van der Waals surface area contributed by atoms with Crippen molar-refractivity contribution in [2.45, 2.75) is 52.2 Å². The molecule has 1 aromatic heterocycles. The fourth-order valence-electron chi connectivity index (χ4n) is 2.03. The van der Waals surface area contributed by atoms with Gasteiger partial charge in [-0.3, -0.25) is 0 Å². The normalized spacial score (nSPS) is 13.8. The highest BCUT2D eigenvalue weighted by Crippen LogP contribution is 2.16. The van der Waals surface area contributed by atoms with E-state index in [1.54, 1.807) is 7.11 Å². The second-order valence-corrected chi connectivity index (χ2v) is 5.51. The minimum atomic E-state index is -0.738. The topological polar surface area (TPSA) is 79.3 Å². The third-order valence-electron chi connectivity index (χ3n) is 3.04. The molecule has 0 aromatic carbocycles. The van der Waals surface area contributed by atoms with Gasteiger partial charge in [0, 0.05) is 26.3 Å². The standard InChI is InChI=1S/C15H28N4O2/c1-5-7-15(3,20)11-17-13-9-12(16-8-6-2)18-14(19-13)10-21-4/h9,20H,5-8,10-11H2,1-4H3,(H2,16,17,18,19). The van der Waals surface area contributed by atoms with Gasteiger partial charge in [-0.1, -0.05) is 20.3 Å². The van der Waals surface area contributed by atoms with Crippen LogP contribution >= 0.6 is 0 Å². The Bertz CT molecular complexity index is 424. The van der Waals surface area contributed by atoms with Gasteiger partial charge in [-0.2, -0.15) is 0 Å². The van der Waals surface area contributed by atoms with E-state index in [-0.39, 0.29) is 0 Å². The van der Waals surface area contributed by atoms with E-state index < -0.39 is 5.60 Å². The lowest BCUT2D eigenvalue weighted by atomic mass is 10.0. The summed E-state index contributed by atoms with van der Waals surface area (Å²) in [5, 5.41) is 16.6. The van der Waals surface area contributed by atoms with Crippen molar-refractivity contribution in [2.75, 3.05) is 30.8 Å². The number of anilines is 2. The van der Waals surface area contributed by atoms with Crippen LogP contribution in [0.2, 0.25) is 0 Å². The molecule has 1 unspecified atom stereocenters. The largest absolute Gasteiger partial charge is 0.388 e. The second kappa shape index (κ2) is 8.79. The number of rotatable bonds is 10. The van der Waals surface area contributed by atoms with Crippen LogP contribution in [0.15, 0.2) is 6.07 Å². The zero-order valence-corrected chi connectivity index (χ0v) is 13.6. The Labute approximate surface area is 127 Å². The molecule has 0 radical (unpaired) electrons. The van der Waals surface area contributed by atoms with E-state index in [1.165, 1.54) is 0 Å². The van der Waals surface area contributed by atoms with Crippen molar-refractivity contribution in [3.05, 3.63) is 11.9 Å². The molecule has 0 bridgehead atoms. The van der Waals surface area contributed by atoms with Gasteiger partial charge in [0.1, 0.15) is 18.2 Å². The van der Waals surface area contributed by atoms with Crippen LogP contribution in [0, 0.1) is 0 Å². The first-order valence-electron chi connectivity index (χ1n) is 7.57. The van der Waals surface area contributed by atoms with Crippen LogP contribution in [0.25, 0.3) is 0 Å². The van der Waals surface area contributed by atoms with Gasteiger partial charge in [0.25, 0.3) is 0 Å². The molecule has 0 saturated heterocycles. The third-order valence-corrected chi connectivity index (χ3v) is 3.04. The Kier molecular flexibility index (Phi) is 7.39. The zero-order chi connectivity index (χ0) is 15.7. The summed E-state index contributed by atoms with van der Waals surface area (Å²) in [7, 11) is 1.62. The van der Waals surface area contributed by atoms with Crippen LogP contribution < -0.4 is 10.6 Å². The molecule has 0 amide bonds. The SMILES string of the molecule is CCCNc1cc(NCC(C)(O)CCC)nc(COC)n1. The van der Waals surface area contributed by atoms with Gasteiger partial charge in [0.2, 0.25) is 0 Å². The monoisotopic (exact) mass is 296 g/mol. The highest BCUT2D eigenvalue weighted by Gasteiger charge is 2.19. The number of ether oxygens (including phenoxy) is 1. The van der Waals surface area contributed by atoms with Crippen LogP contribution in [-0.4, -0.2) is 40.9 Å². The molecule has 21 heavy (non-hydrogen) atoms. The van der Waals surface area contributed by atoms with E-state index >= 15 is 0 Å². The third kappa shape index (κ3) is 6.73. The quantitative estimate of drug-likeness (QED) is 0.615. The lowest BCUT2D eigenvalue weighted by Crippen LogP contribution is -2.33. The van der Waals surface area contributed by atoms with Crippen LogP contribution in [0.1, 0.15) is 45.9 Å². The Morgan fingerprint density at radius 3 is 2.43 bits per heavy atom. The molecule has 1 atom stereocenters. The highest BCUT2D eigenvalue weighted by molar-refractivity contribution is 5.47. The maximum Gasteiger partial charge on any atom is 0.158 e. The van der Waals surface area contributed by atoms with Crippen molar-refractivity contribution in [1.82, 2.24) is 9.97 Å². The average molecular weight is 296 g/mol. The summed E-state index contributed by atoms with van der Waals surface area (Å²) in [6.07, 6.45) is 2.71. The number of methoxy groups -OCH3 is 1. The molecule has 6 nitrogen and oxygen atoms in total. The highest BCUT2D eigenvalue weighted by atomic mass is 16.5. The van der Waals surface area contributed by atoms with Crippen molar-refractivity contribution in [3.8, 4) is 0 Å². The summed E-state index contributed by atoms with van der Waals surface area (Å²) in [5.74, 6) is 2.10. The van der Waals surface area contributed by atoms with Gasteiger partial charge >= 0.3 is 0 Å². The molecule has 0 aliphatic heterocycles. The van der Waals surface area contributed by atoms with Crippen molar-refractivity contribution in [1.29, 1.82) is 0 Å². The number of hydrogen-bond donors (Lipinski definition) is 3. The van der Waals surface area contributed by atoms with Crippen molar-refractivity contribution < 1.29 is 9.84 Å². The number of nitrogens with one attached hydrogen (secondary N) is 2. The molecule has 0 spiro atoms. The minimum absolute atomic E-state index is 0.363. The van der Waals surface area contributed by atoms with Gasteiger partial charge in [-0.05, 0) is 19.8 Å². The molecule has 6 heteroatoms. The molecule has 120 valence electrons. The fraction of sp³-hybridized carbons (Fsp3) is 0.733. The predicted molar refractivity (Wildman–Crippen MR) is 85.5 cm³/mol. The fourth-order valence-corrected chi connectivity index (χ4v) is 2.03. The van der Waals surface area contributed by atoms with Crippen LogP contribution in [-0.2, 0) is 11.3 Å². The van der Waals surface area contributed by atoms with Crippen LogP contribution in [0.3, 0.4) is 0 Å². The smallest absolute Gasteiger partial charge is 0.158 e. The average Bonchev–Trinajstić information content (AvgIpc) is 2.43. The summed E-state index contributed by atoms with van der Waals surface area (Å²) in [6.45, 7) is 7.67. The van der Waals surface area contributed by atoms with E-state index in [4.69, 9.17) is 4.74 Å². The lowest BCUT2D eigenvalue weighted by Gasteiger charge is -2.23. The summed E-state index contributed by atoms with van der Waals surface area (Å²) in [6, 6.07) is 1.86. The van der Waals surface area contributed by atoms with Crippen molar-refractivity contribution in [3.63, 3.8) is 0 Å². The summed E-state index contributed by atoms with van der Waals surface area (Å²) in [4.78, 5) is 8.79. The minimum Gasteiger partial charge on any atom is -0.388 e. The van der Waals surface area contributed by atoms with Gasteiger partial charge in [-0.15, -0.1) is 0 Å². The number of hydrogen-bond acceptors (Lipinski definition) is 6. The van der Waals surface area contributed by atoms with E-state index in [0.29, 0.717) is 24.8 Å². The first kappa shape index (κ1) is 17.7. The lowest BCUT2D eigenvalue weighted by molar-refractivity contribution is 0.0636. The first-order valence-corrected chi connectivity index (χ1v) is 7.57. The number of aromatic nitrogens is 2. The van der Waals surface area contributed by atoms with Crippen LogP contribution in [0.4, 0.5) is 11.6 Å². The van der Waals surface area contributed by atoms with Gasteiger partial charge < -0.3 is 20.5 Å². The molecule has 0 aliphatic carbocycles. The molecule has 0 aliphatic rings. The molecule has 1 heterocycles. The van der Waals surface area contributed by atoms with Crippen LogP contribution in [0.5, 0.6) is 0 Å². The maximum atomic E-state index is 10.2. The van der Waals surface area contributed by atoms with E-state index in [9.17, 15) is 5.11 Å². The van der Waals surface area contributed by atoms with E-state index in [1.807, 2.05) is 13.0 Å². The summed E-state index contributed by atoms with van der Waals surface area (Å²) in [5.41, 5.74) is -0.738. The number of nitrogens with zero attached hydrogens (tertiary/aromatic N) is 2. The van der Waals surface area contributed by atoms with Crippen molar-refractivity contribution >= 4 is 11.6 Å². The van der Waals surface area contributed by atoms with Gasteiger partial charge in [-0.25, -0.2) is 9.97 Å². The molecule has 1 aromatic rings. The Hall–Kier alpha value is -1.40. The maximum absolute atomic E-state index is 10.2. The Balaban J connectivity index is 2.77. The molecular formula is C15H28N4O2. The zero-order valence-electron chi connectivity index (χ0n) is 13.6. The Morgan fingerprint density at radius 1 is 1.19 bits per heavy atom. The van der Waals surface area contributed by atoms with E-state index in [2.05, 4.69) is 34.4 Å². The van der Waals surface area contributed by atoms with E-state index in [0.717, 1.165) is 31.6 Å². The molecule has 0 fully saturated rings. The Morgan fingerprint density at radius 2 is 1.86 bits per heavy atom. The van der Waals surface area contributed by atoms with Crippen molar-refractivity contribution in [2.24, 2.45) is 0 Å². The first-order chi connectivity index (χ1) is 10.0. The van der Waals surface area contributed by atoms with Gasteiger partial charge in [0.15, 0.2) is 5.82 Å². The van der Waals surface area contributed by atoms with Gasteiger partial charge in [0.05, 0.1) is 5.60 Å². The summed E-state index contributed by atoms with van der Waals surface area (Å²) >= 11 is 0. The number of aliphatic hydroxyl groups is 1. The molecular weight excluding hydrogens is 268 g/mol. The summed E-state index contributed by atoms with van der Waals surface area (Å²) < 4.78 is 5.10. The molecule has 1 rings (SSSR count). The molecule has 3 N–H and O–H groups in total. The molecule has 0 saturated carbocycles. The second-order valence-electron chi connectivity index (χ2n) is 5.51.